The van der Waals surface area contributed by atoms with Crippen LogP contribution in [-0.4, -0.2) is 36.9 Å². The predicted molar refractivity (Wildman–Crippen MR) is 57.7 cm³/mol. The maximum absolute atomic E-state index is 13.0. The van der Waals surface area contributed by atoms with E-state index < -0.39 is 63.9 Å². The second-order valence-corrected chi connectivity index (χ2v) is 6.45. The molecule has 0 atom stereocenters. The highest BCUT2D eigenvalue weighted by Gasteiger charge is 2.59. The topological polar surface area (TPSA) is 44.8 Å². The van der Waals surface area contributed by atoms with Crippen LogP contribution in [0.3, 0.4) is 0 Å². The Morgan fingerprint density at radius 2 is 0.621 bits per heavy atom. The van der Waals surface area contributed by atoms with E-state index in [1.165, 1.54) is 0 Å². The quantitative estimate of drug-likeness (QED) is 0.262. The molecule has 0 aromatic rings. The van der Waals surface area contributed by atoms with Gasteiger partial charge in [0.2, 0.25) is 0 Å². The van der Waals surface area contributed by atoms with Gasteiger partial charge in [0.15, 0.2) is 0 Å². The first-order valence-electron chi connectivity index (χ1n) is 6.30. The minimum absolute atomic E-state index is 2.47. The summed E-state index contributed by atoms with van der Waals surface area (Å²) in [6.07, 6.45) is -46.5. The van der Waals surface area contributed by atoms with Crippen molar-refractivity contribution in [1.82, 2.24) is 0 Å². The van der Waals surface area contributed by atoms with E-state index in [-0.39, 0.29) is 0 Å². The second kappa shape index (κ2) is 8.30. The van der Waals surface area contributed by atoms with Gasteiger partial charge in [-0.25, -0.2) is 18.1 Å². The summed E-state index contributed by atoms with van der Waals surface area (Å²) in [5.74, 6) is 0. The monoisotopic (exact) mass is 494 g/mol. The fourth-order valence-corrected chi connectivity index (χ4v) is 2.63. The number of phosphoric acid groups is 1. The molecule has 0 heterocycles. The minimum atomic E-state index is -7.59. The fraction of sp³-hybridized carbons (Fsp3) is 1.00. The maximum Gasteiger partial charge on any atom is 0.489 e. The van der Waals surface area contributed by atoms with Gasteiger partial charge in [-0.2, -0.15) is 65.9 Å². The normalized spacial score (nSPS) is 15.7. The molecular weight excluding hydrogens is 488 g/mol. The fourth-order valence-electron chi connectivity index (χ4n) is 1.34. The van der Waals surface area contributed by atoms with Crippen molar-refractivity contribution in [2.45, 2.75) is 56.1 Å². The third kappa shape index (κ3) is 13.8. The molecule has 4 nitrogen and oxygen atoms in total. The first-order valence-corrected chi connectivity index (χ1v) is 7.76. The summed E-state index contributed by atoms with van der Waals surface area (Å²) in [6.45, 7) is 0. The van der Waals surface area contributed by atoms with Gasteiger partial charge in [-0.1, -0.05) is 0 Å². The SMILES string of the molecule is O=P(OC(F)(F)CC(F)(F)F)(OC(F)(F)CC(F)(F)F)OC(F)(F)CC(F)(F)F. The molecule has 0 fully saturated rings. The largest absolute Gasteiger partial charge is 0.489 e. The van der Waals surface area contributed by atoms with Crippen molar-refractivity contribution >= 4 is 7.82 Å². The molecule has 0 aromatic heterocycles. The summed E-state index contributed by atoms with van der Waals surface area (Å²) < 4.78 is 204. The molecule has 0 aliphatic heterocycles. The number of alkyl halides is 15. The van der Waals surface area contributed by atoms with Crippen LogP contribution in [0.2, 0.25) is 0 Å². The van der Waals surface area contributed by atoms with E-state index in [9.17, 15) is 70.4 Å². The van der Waals surface area contributed by atoms with E-state index >= 15 is 0 Å². The zero-order valence-electron chi connectivity index (χ0n) is 12.9. The van der Waals surface area contributed by atoms with Crippen molar-refractivity contribution in [2.75, 3.05) is 0 Å². The lowest BCUT2D eigenvalue weighted by atomic mass is 10.4. The lowest BCUT2D eigenvalue weighted by Gasteiger charge is -2.29. The van der Waals surface area contributed by atoms with Crippen LogP contribution in [0, 0.1) is 0 Å². The molecule has 0 saturated carbocycles. The molecule has 0 spiro atoms. The van der Waals surface area contributed by atoms with Crippen molar-refractivity contribution < 1.29 is 84.0 Å². The Morgan fingerprint density at radius 1 is 0.448 bits per heavy atom. The number of rotatable bonds is 9. The van der Waals surface area contributed by atoms with E-state index in [0.717, 1.165) is 0 Å². The van der Waals surface area contributed by atoms with E-state index in [2.05, 4.69) is 13.6 Å². The Morgan fingerprint density at radius 3 is 0.759 bits per heavy atom. The van der Waals surface area contributed by atoms with E-state index in [1.54, 1.807) is 0 Å². The zero-order valence-corrected chi connectivity index (χ0v) is 13.8. The molecule has 176 valence electrons. The highest BCUT2D eigenvalue weighted by Crippen LogP contribution is 2.62. The van der Waals surface area contributed by atoms with Crippen LogP contribution >= 0.6 is 7.82 Å². The van der Waals surface area contributed by atoms with E-state index in [0.29, 0.717) is 0 Å². The summed E-state index contributed by atoms with van der Waals surface area (Å²) in [4.78, 5) is 0. The number of hydrogen-bond acceptors (Lipinski definition) is 4. The Kier molecular flexibility index (Phi) is 8.03. The van der Waals surface area contributed by atoms with E-state index in [1.807, 2.05) is 0 Å². The molecule has 0 aromatic carbocycles. The average Bonchev–Trinajstić information content (AvgIpc) is 2.10. The van der Waals surface area contributed by atoms with Gasteiger partial charge < -0.3 is 0 Å². The number of halogens is 15. The summed E-state index contributed by atoms with van der Waals surface area (Å²) >= 11 is 0. The molecule has 0 unspecified atom stereocenters. The average molecular weight is 494 g/mol. The van der Waals surface area contributed by atoms with Gasteiger partial charge in [-0.05, 0) is 0 Å². The van der Waals surface area contributed by atoms with Crippen molar-refractivity contribution in [3.05, 3.63) is 0 Å². The second-order valence-electron chi connectivity index (χ2n) is 5.01. The standard InChI is InChI=1S/C9H6F15O4P/c10-4(11,12)1-7(19,20)26-29(25,27-8(21,22)2-5(13,14)15)28-9(23,24)3-6(16,17)18/h1-3H2. The lowest BCUT2D eigenvalue weighted by Crippen LogP contribution is -2.35. The zero-order chi connectivity index (χ0) is 23.7. The number of hydrogen-bond donors (Lipinski definition) is 0. The summed E-state index contributed by atoms with van der Waals surface area (Å²) in [6, 6.07) is 0. The van der Waals surface area contributed by atoms with Gasteiger partial charge in [0.25, 0.3) is 0 Å². The van der Waals surface area contributed by atoms with Crippen molar-refractivity contribution in [1.29, 1.82) is 0 Å². The molecule has 0 saturated heterocycles. The van der Waals surface area contributed by atoms with Gasteiger partial charge >= 0.3 is 44.7 Å². The summed E-state index contributed by atoms with van der Waals surface area (Å²) in [5.41, 5.74) is 0. The molecule has 0 aliphatic rings. The van der Waals surface area contributed by atoms with Gasteiger partial charge in [0, 0.05) is 0 Å². The first-order chi connectivity index (χ1) is 12.2. The molecule has 0 aliphatic carbocycles. The Balaban J connectivity index is 5.89. The van der Waals surface area contributed by atoms with Crippen LogP contribution in [0.5, 0.6) is 0 Å². The van der Waals surface area contributed by atoms with Crippen LogP contribution in [0.4, 0.5) is 65.9 Å². The van der Waals surface area contributed by atoms with Crippen LogP contribution < -0.4 is 0 Å². The van der Waals surface area contributed by atoms with Gasteiger partial charge in [-0.15, -0.1) is 0 Å². The van der Waals surface area contributed by atoms with E-state index in [4.69, 9.17) is 0 Å². The Hall–Kier alpha value is -0.940. The smallest absolute Gasteiger partial charge is 0.227 e. The minimum Gasteiger partial charge on any atom is -0.227 e. The Bertz CT molecular complexity index is 511. The lowest BCUT2D eigenvalue weighted by molar-refractivity contribution is -0.304. The van der Waals surface area contributed by atoms with Crippen LogP contribution in [0.25, 0.3) is 0 Å². The molecule has 29 heavy (non-hydrogen) atoms. The molecular formula is C9H6F15O4P. The van der Waals surface area contributed by atoms with Crippen molar-refractivity contribution in [3.63, 3.8) is 0 Å². The molecule has 20 heteroatoms. The van der Waals surface area contributed by atoms with Gasteiger partial charge in [-0.3, -0.25) is 0 Å². The summed E-state index contributed by atoms with van der Waals surface area (Å²) in [5, 5.41) is 0. The maximum atomic E-state index is 13.0. The van der Waals surface area contributed by atoms with Crippen LogP contribution in [0.1, 0.15) is 19.3 Å². The predicted octanol–water partition coefficient (Wildman–Crippen LogP) is 6.78. The first kappa shape index (κ1) is 28.1. The molecule has 0 radical (unpaired) electrons. The number of phosphoric ester groups is 1. The third-order valence-electron chi connectivity index (χ3n) is 1.95. The van der Waals surface area contributed by atoms with Crippen molar-refractivity contribution in [3.8, 4) is 0 Å². The molecule has 0 rings (SSSR count). The molecule has 0 amide bonds. The van der Waals surface area contributed by atoms with Gasteiger partial charge in [0.1, 0.15) is 19.3 Å². The third-order valence-corrected chi connectivity index (χ3v) is 3.43. The van der Waals surface area contributed by atoms with Crippen LogP contribution in [0.15, 0.2) is 0 Å². The molecule has 0 N–H and O–H groups in total. The highest BCUT2D eigenvalue weighted by molar-refractivity contribution is 7.48. The Labute approximate surface area is 149 Å². The van der Waals surface area contributed by atoms with Crippen LogP contribution in [-0.2, 0) is 18.1 Å². The summed E-state index contributed by atoms with van der Waals surface area (Å²) in [7, 11) is -7.59. The van der Waals surface area contributed by atoms with Gasteiger partial charge in [0.05, 0.1) is 0 Å². The highest BCUT2D eigenvalue weighted by atomic mass is 31.2. The molecule has 0 bridgehead atoms. The van der Waals surface area contributed by atoms with Crippen molar-refractivity contribution in [2.24, 2.45) is 0 Å².